The number of nitrogens with one attached hydrogen (secondary N) is 2. The van der Waals surface area contributed by atoms with E-state index in [-0.39, 0.29) is 0 Å². The van der Waals surface area contributed by atoms with Gasteiger partial charge in [-0.2, -0.15) is 0 Å². The zero-order chi connectivity index (χ0) is 15.2. The van der Waals surface area contributed by atoms with Crippen LogP contribution in [0.5, 0.6) is 0 Å². The molecule has 0 fully saturated rings. The van der Waals surface area contributed by atoms with Gasteiger partial charge in [-0.3, -0.25) is 0 Å². The maximum atomic E-state index is 9.39. The van der Waals surface area contributed by atoms with Crippen LogP contribution in [-0.2, 0) is 6.42 Å². The van der Waals surface area contributed by atoms with Gasteiger partial charge >= 0.3 is 0 Å². The summed E-state index contributed by atoms with van der Waals surface area (Å²) < 4.78 is 0. The Labute approximate surface area is 119 Å². The predicted octanol–water partition coefficient (Wildman–Crippen LogP) is -0.0932. The van der Waals surface area contributed by atoms with Gasteiger partial charge in [-0.05, 0) is 13.8 Å². The minimum absolute atomic E-state index is 0.401. The molecule has 7 nitrogen and oxygen atoms in total. The second kappa shape index (κ2) is 7.37. The number of aryl methyl sites for hydroxylation is 1. The van der Waals surface area contributed by atoms with Crippen molar-refractivity contribution in [3.05, 3.63) is 11.4 Å². The highest BCUT2D eigenvalue weighted by molar-refractivity contribution is 5.58. The highest BCUT2D eigenvalue weighted by Crippen LogP contribution is 2.23. The van der Waals surface area contributed by atoms with Crippen LogP contribution < -0.4 is 10.6 Å². The SMILES string of the molecule is CCNc1nc(CC)nc(NC(CO)(CO)CO)c1C. The van der Waals surface area contributed by atoms with E-state index in [1.54, 1.807) is 0 Å². The molecule has 0 spiro atoms. The van der Waals surface area contributed by atoms with Crippen LogP contribution in [0, 0.1) is 6.92 Å². The van der Waals surface area contributed by atoms with Gasteiger partial charge in [-0.1, -0.05) is 6.92 Å². The van der Waals surface area contributed by atoms with E-state index in [9.17, 15) is 15.3 Å². The third-order valence-corrected chi connectivity index (χ3v) is 3.14. The first kappa shape index (κ1) is 16.6. The smallest absolute Gasteiger partial charge is 0.135 e. The predicted molar refractivity (Wildman–Crippen MR) is 77.9 cm³/mol. The fourth-order valence-electron chi connectivity index (χ4n) is 1.70. The van der Waals surface area contributed by atoms with Gasteiger partial charge in [0.25, 0.3) is 0 Å². The van der Waals surface area contributed by atoms with Gasteiger partial charge in [0.2, 0.25) is 0 Å². The summed E-state index contributed by atoms with van der Waals surface area (Å²) in [5.74, 6) is 1.87. The van der Waals surface area contributed by atoms with Crippen molar-refractivity contribution < 1.29 is 15.3 Å². The van der Waals surface area contributed by atoms with Crippen LogP contribution in [0.25, 0.3) is 0 Å². The van der Waals surface area contributed by atoms with Crippen molar-refractivity contribution in [3.8, 4) is 0 Å². The van der Waals surface area contributed by atoms with Crippen LogP contribution in [0.1, 0.15) is 25.2 Å². The lowest BCUT2D eigenvalue weighted by Crippen LogP contribution is -2.49. The second-order valence-corrected chi connectivity index (χ2v) is 4.73. The molecule has 5 N–H and O–H groups in total. The van der Waals surface area contributed by atoms with E-state index in [4.69, 9.17) is 0 Å². The van der Waals surface area contributed by atoms with Gasteiger partial charge in [0.05, 0.1) is 19.8 Å². The van der Waals surface area contributed by atoms with Crippen LogP contribution in [0.15, 0.2) is 0 Å². The summed E-state index contributed by atoms with van der Waals surface area (Å²) in [5, 5.41) is 34.3. The summed E-state index contributed by atoms with van der Waals surface area (Å²) in [7, 11) is 0. The Kier molecular flexibility index (Phi) is 6.12. The zero-order valence-electron chi connectivity index (χ0n) is 12.3. The van der Waals surface area contributed by atoms with Crippen molar-refractivity contribution >= 4 is 11.6 Å². The molecule has 0 amide bonds. The molecule has 1 aromatic rings. The first-order chi connectivity index (χ1) is 9.55. The van der Waals surface area contributed by atoms with E-state index < -0.39 is 25.4 Å². The molecule has 20 heavy (non-hydrogen) atoms. The maximum absolute atomic E-state index is 9.39. The number of aromatic nitrogens is 2. The molecule has 0 saturated heterocycles. The molecular formula is C13H24N4O3. The van der Waals surface area contributed by atoms with Crippen molar-refractivity contribution in [3.63, 3.8) is 0 Å². The molecule has 0 saturated carbocycles. The first-order valence-electron chi connectivity index (χ1n) is 6.78. The Morgan fingerprint density at radius 1 is 1.00 bits per heavy atom. The molecule has 0 unspecified atom stereocenters. The van der Waals surface area contributed by atoms with Gasteiger partial charge in [-0.25, -0.2) is 9.97 Å². The molecule has 0 radical (unpaired) electrons. The van der Waals surface area contributed by atoms with Crippen molar-refractivity contribution in [2.45, 2.75) is 32.7 Å². The molecule has 0 aliphatic rings. The van der Waals surface area contributed by atoms with E-state index in [2.05, 4.69) is 20.6 Å². The first-order valence-corrected chi connectivity index (χ1v) is 6.78. The van der Waals surface area contributed by atoms with E-state index in [0.717, 1.165) is 12.1 Å². The van der Waals surface area contributed by atoms with Crippen LogP contribution in [0.4, 0.5) is 11.6 Å². The van der Waals surface area contributed by atoms with E-state index in [0.29, 0.717) is 23.9 Å². The van der Waals surface area contributed by atoms with Crippen LogP contribution in [-0.4, -0.2) is 57.2 Å². The molecule has 1 rings (SSSR count). The monoisotopic (exact) mass is 284 g/mol. The number of nitrogens with zero attached hydrogens (tertiary/aromatic N) is 2. The summed E-state index contributed by atoms with van der Waals surface area (Å²) in [6.07, 6.45) is 0.664. The molecule has 0 aliphatic heterocycles. The Hall–Kier alpha value is -1.44. The standard InChI is InChI=1S/C13H24N4O3/c1-4-10-15-11(14-5-2)9(3)12(16-10)17-13(6-18,7-19)8-20/h18-20H,4-8H2,1-3H3,(H2,14,15,16,17). The summed E-state index contributed by atoms with van der Waals surface area (Å²) in [5.41, 5.74) is -0.420. The molecule has 0 aromatic carbocycles. The molecular weight excluding hydrogens is 260 g/mol. The fourth-order valence-corrected chi connectivity index (χ4v) is 1.70. The Morgan fingerprint density at radius 3 is 2.00 bits per heavy atom. The number of aliphatic hydroxyl groups is 3. The number of anilines is 2. The minimum atomic E-state index is -1.20. The number of hydrogen-bond acceptors (Lipinski definition) is 7. The Balaban J connectivity index is 3.19. The molecule has 1 heterocycles. The highest BCUT2D eigenvalue weighted by Gasteiger charge is 2.29. The Morgan fingerprint density at radius 2 is 1.55 bits per heavy atom. The average Bonchev–Trinajstić information content (AvgIpc) is 2.48. The zero-order valence-corrected chi connectivity index (χ0v) is 12.3. The van der Waals surface area contributed by atoms with Crippen molar-refractivity contribution in [1.29, 1.82) is 0 Å². The molecule has 0 aliphatic carbocycles. The molecule has 1 aromatic heterocycles. The van der Waals surface area contributed by atoms with Gasteiger partial charge in [0.15, 0.2) is 0 Å². The minimum Gasteiger partial charge on any atom is -0.394 e. The van der Waals surface area contributed by atoms with Crippen molar-refractivity contribution in [1.82, 2.24) is 9.97 Å². The third-order valence-electron chi connectivity index (χ3n) is 3.14. The largest absolute Gasteiger partial charge is 0.394 e. The third kappa shape index (κ3) is 3.56. The summed E-state index contributed by atoms with van der Waals surface area (Å²) >= 11 is 0. The summed E-state index contributed by atoms with van der Waals surface area (Å²) in [6.45, 7) is 5.29. The van der Waals surface area contributed by atoms with Crippen LogP contribution in [0.3, 0.4) is 0 Å². The van der Waals surface area contributed by atoms with Gasteiger partial charge in [0, 0.05) is 18.5 Å². The quantitative estimate of drug-likeness (QED) is 0.453. The average molecular weight is 284 g/mol. The number of hydrogen-bond donors (Lipinski definition) is 5. The lowest BCUT2D eigenvalue weighted by molar-refractivity contribution is 0.0830. The molecule has 0 atom stereocenters. The number of rotatable bonds is 8. The van der Waals surface area contributed by atoms with Crippen LogP contribution >= 0.6 is 0 Å². The van der Waals surface area contributed by atoms with Gasteiger partial charge in [0.1, 0.15) is 23.0 Å². The van der Waals surface area contributed by atoms with Crippen molar-refractivity contribution in [2.75, 3.05) is 37.0 Å². The Bertz CT molecular complexity index is 428. The summed E-state index contributed by atoms with van der Waals surface area (Å²) in [4.78, 5) is 8.77. The highest BCUT2D eigenvalue weighted by atomic mass is 16.3. The molecule has 114 valence electrons. The maximum Gasteiger partial charge on any atom is 0.135 e. The van der Waals surface area contributed by atoms with E-state index in [1.807, 2.05) is 20.8 Å². The normalized spacial score (nSPS) is 11.5. The van der Waals surface area contributed by atoms with E-state index >= 15 is 0 Å². The topological polar surface area (TPSA) is 111 Å². The van der Waals surface area contributed by atoms with Crippen molar-refractivity contribution in [2.24, 2.45) is 0 Å². The summed E-state index contributed by atoms with van der Waals surface area (Å²) in [6, 6.07) is 0. The number of aliphatic hydroxyl groups excluding tert-OH is 3. The molecule has 7 heteroatoms. The fraction of sp³-hybridized carbons (Fsp3) is 0.692. The molecule has 0 bridgehead atoms. The lowest BCUT2D eigenvalue weighted by Gasteiger charge is -2.30. The van der Waals surface area contributed by atoms with Gasteiger partial charge < -0.3 is 26.0 Å². The van der Waals surface area contributed by atoms with E-state index in [1.165, 1.54) is 0 Å². The second-order valence-electron chi connectivity index (χ2n) is 4.73. The lowest BCUT2D eigenvalue weighted by atomic mass is 10.0. The van der Waals surface area contributed by atoms with Gasteiger partial charge in [-0.15, -0.1) is 0 Å². The van der Waals surface area contributed by atoms with Crippen LogP contribution in [0.2, 0.25) is 0 Å².